The van der Waals surface area contributed by atoms with Crippen molar-refractivity contribution in [3.63, 3.8) is 0 Å². The van der Waals surface area contributed by atoms with Gasteiger partial charge < -0.3 is 39.1 Å². The fourth-order valence-corrected chi connectivity index (χ4v) is 7.55. The maximum atomic E-state index is 11.2. The standard InChI is InChI=1S/K.H8O19P6.H/c;1-20(2,3)15-22(7,8)17-24(11,12)19-25(13,14)18-23(9,10)16-21(4,5)6;/h;(H,7,8)(H,9,10)(H,11,12)(H,13,14)(H2,1,2,3)(H2,4,5,6);. The number of hydrogen-bond acceptors (Lipinski definition) is 11. The summed E-state index contributed by atoms with van der Waals surface area (Å²) in [6.45, 7) is 0. The second-order valence-corrected chi connectivity index (χ2v) is 12.2. The van der Waals surface area contributed by atoms with Gasteiger partial charge in [-0.2, -0.15) is 21.6 Å². The molecule has 0 aliphatic rings. The summed E-state index contributed by atoms with van der Waals surface area (Å²) in [6, 6.07) is 0. The van der Waals surface area contributed by atoms with Crippen LogP contribution >= 0.6 is 46.9 Å². The maximum absolute atomic E-state index is 11.2. The second-order valence-electron chi connectivity index (χ2n) is 3.26. The molecule has 154 valence electrons. The SMILES string of the molecule is O=P(O)(O)OP(=O)(O)OP(=O)(O)OP(=O)(O)OP(=O)(O)OP(=O)(O)O.[KH]. The summed E-state index contributed by atoms with van der Waals surface area (Å²) in [5.41, 5.74) is 0. The van der Waals surface area contributed by atoms with Gasteiger partial charge in [0.1, 0.15) is 0 Å². The van der Waals surface area contributed by atoms with Gasteiger partial charge in [-0.3, -0.25) is 0 Å². The van der Waals surface area contributed by atoms with E-state index in [1.807, 2.05) is 0 Å². The Hall–Kier alpha value is 2.50. The van der Waals surface area contributed by atoms with E-state index in [0.717, 1.165) is 0 Å². The van der Waals surface area contributed by atoms with Gasteiger partial charge in [-0.25, -0.2) is 27.4 Å². The molecule has 0 heterocycles. The number of hydrogen-bond donors (Lipinski definition) is 8. The van der Waals surface area contributed by atoms with Gasteiger partial charge in [-0.05, 0) is 0 Å². The predicted molar refractivity (Wildman–Crippen MR) is 76.0 cm³/mol. The summed E-state index contributed by atoms with van der Waals surface area (Å²) in [4.78, 5) is 68.1. The Balaban J connectivity index is 0. The van der Waals surface area contributed by atoms with Crippen molar-refractivity contribution in [3.05, 3.63) is 0 Å². The summed E-state index contributed by atoms with van der Waals surface area (Å²) >= 11 is 0. The van der Waals surface area contributed by atoms with Crippen LogP contribution in [-0.4, -0.2) is 90.5 Å². The molecule has 19 nitrogen and oxygen atoms in total. The molecule has 26 heteroatoms. The van der Waals surface area contributed by atoms with Crippen molar-refractivity contribution >= 4 is 98.3 Å². The zero-order chi connectivity index (χ0) is 20.5. The van der Waals surface area contributed by atoms with Gasteiger partial charge in [0.2, 0.25) is 0 Å². The first-order valence-corrected chi connectivity index (χ1v) is 13.6. The molecule has 0 fully saturated rings. The van der Waals surface area contributed by atoms with E-state index in [4.69, 9.17) is 39.1 Å². The summed E-state index contributed by atoms with van der Waals surface area (Å²) in [6.07, 6.45) is 0. The minimum atomic E-state index is -6.26. The number of rotatable bonds is 10. The molecule has 8 N–H and O–H groups in total. The van der Waals surface area contributed by atoms with Crippen LogP contribution in [0.2, 0.25) is 0 Å². The number of phosphoric acid groups is 6. The third-order valence-electron chi connectivity index (χ3n) is 1.04. The van der Waals surface area contributed by atoms with Crippen molar-refractivity contribution in [2.45, 2.75) is 0 Å². The van der Waals surface area contributed by atoms with E-state index in [0.29, 0.717) is 0 Å². The van der Waals surface area contributed by atoms with Gasteiger partial charge in [-0.1, -0.05) is 0 Å². The Kier molecular flexibility index (Phi) is 12.0. The first kappa shape index (κ1) is 30.7. The zero-order valence-corrected chi connectivity index (χ0v) is 16.1. The second kappa shape index (κ2) is 10.2. The molecule has 0 amide bonds. The van der Waals surface area contributed by atoms with Crippen LogP contribution < -0.4 is 0 Å². The van der Waals surface area contributed by atoms with Crippen LogP contribution in [0.5, 0.6) is 0 Å². The monoisotopic (exact) mass is 538 g/mol. The van der Waals surface area contributed by atoms with Crippen LogP contribution in [0.1, 0.15) is 0 Å². The van der Waals surface area contributed by atoms with E-state index in [1.165, 1.54) is 0 Å². The molecule has 0 aliphatic heterocycles. The molecule has 0 spiro atoms. The van der Waals surface area contributed by atoms with Crippen LogP contribution in [0.4, 0.5) is 0 Å². The quantitative estimate of drug-likeness (QED) is 0.122. The Morgan fingerprint density at radius 3 is 0.692 bits per heavy atom. The van der Waals surface area contributed by atoms with E-state index in [-0.39, 0.29) is 51.4 Å². The first-order valence-electron chi connectivity index (χ1n) is 4.52. The Bertz CT molecular complexity index is 697. The normalized spacial score (nSPS) is 22.2. The molecular formula is H9KO19P6. The van der Waals surface area contributed by atoms with Crippen molar-refractivity contribution in [3.8, 4) is 0 Å². The van der Waals surface area contributed by atoms with Crippen molar-refractivity contribution in [1.29, 1.82) is 0 Å². The molecule has 0 aromatic rings. The Labute approximate surface area is 185 Å². The first-order chi connectivity index (χ1) is 10.5. The third-order valence-corrected chi connectivity index (χ3v) is 9.34. The molecule has 0 aromatic heterocycles. The van der Waals surface area contributed by atoms with Crippen molar-refractivity contribution in [2.24, 2.45) is 0 Å². The fraction of sp³-hybridized carbons (Fsp3) is 0. The van der Waals surface area contributed by atoms with Crippen LogP contribution in [-0.2, 0) is 48.9 Å². The molecule has 26 heavy (non-hydrogen) atoms. The summed E-state index contributed by atoms with van der Waals surface area (Å²) in [5.74, 6) is 0. The van der Waals surface area contributed by atoms with E-state index >= 15 is 0 Å². The molecule has 4 unspecified atom stereocenters. The van der Waals surface area contributed by atoms with Gasteiger partial charge in [0, 0.05) is 0 Å². The van der Waals surface area contributed by atoms with Crippen LogP contribution in [0.3, 0.4) is 0 Å². The molecule has 0 saturated heterocycles. The van der Waals surface area contributed by atoms with E-state index in [1.54, 1.807) is 0 Å². The average Bonchev–Trinajstić information content (AvgIpc) is 1.97. The molecule has 4 atom stereocenters. The van der Waals surface area contributed by atoms with Crippen molar-refractivity contribution in [1.82, 2.24) is 0 Å². The van der Waals surface area contributed by atoms with Gasteiger partial charge in [0.05, 0.1) is 0 Å². The van der Waals surface area contributed by atoms with Crippen LogP contribution in [0.25, 0.3) is 0 Å². The van der Waals surface area contributed by atoms with E-state index in [2.05, 4.69) is 21.6 Å². The third kappa shape index (κ3) is 16.3. The summed E-state index contributed by atoms with van der Waals surface area (Å²) in [7, 11) is -36.2. The molecule has 0 rings (SSSR count). The minimum absolute atomic E-state index is 0. The predicted octanol–water partition coefficient (Wildman–Crippen LogP) is -0.992. The van der Waals surface area contributed by atoms with Crippen molar-refractivity contribution in [2.75, 3.05) is 0 Å². The van der Waals surface area contributed by atoms with E-state index in [9.17, 15) is 27.4 Å². The Morgan fingerprint density at radius 2 is 0.538 bits per heavy atom. The molecule has 0 bridgehead atoms. The van der Waals surface area contributed by atoms with E-state index < -0.39 is 46.9 Å². The zero-order valence-electron chi connectivity index (χ0n) is 10.8. The molecule has 0 aliphatic carbocycles. The topological polar surface area (TPSA) is 310 Å². The van der Waals surface area contributed by atoms with Gasteiger partial charge >= 0.3 is 98.3 Å². The Morgan fingerprint density at radius 1 is 0.385 bits per heavy atom. The summed E-state index contributed by atoms with van der Waals surface area (Å²) < 4.78 is 80.4. The van der Waals surface area contributed by atoms with Gasteiger partial charge in [0.25, 0.3) is 0 Å². The van der Waals surface area contributed by atoms with Gasteiger partial charge in [-0.15, -0.1) is 0 Å². The van der Waals surface area contributed by atoms with Gasteiger partial charge in [0.15, 0.2) is 0 Å². The molecule has 0 radical (unpaired) electrons. The summed E-state index contributed by atoms with van der Waals surface area (Å²) in [5, 5.41) is 0. The average molecular weight is 538 g/mol. The van der Waals surface area contributed by atoms with Crippen LogP contribution in [0, 0.1) is 0 Å². The van der Waals surface area contributed by atoms with Crippen LogP contribution in [0.15, 0.2) is 0 Å². The molecule has 0 aromatic carbocycles. The molecule has 0 saturated carbocycles. The fourth-order valence-electron chi connectivity index (χ4n) is 0.720. The molecular weight excluding hydrogens is 529 g/mol. The van der Waals surface area contributed by atoms with Crippen molar-refractivity contribution < 1.29 is 88.1 Å².